The Morgan fingerprint density at radius 2 is 1.87 bits per heavy atom. The molecule has 1 fully saturated rings. The van der Waals surface area contributed by atoms with Crippen molar-refractivity contribution < 1.29 is 18.7 Å². The summed E-state index contributed by atoms with van der Waals surface area (Å²) in [5.41, 5.74) is -0.306. The lowest BCUT2D eigenvalue weighted by atomic mass is 9.94. The highest BCUT2D eigenvalue weighted by atomic mass is 35.5. The summed E-state index contributed by atoms with van der Waals surface area (Å²) in [4.78, 5) is 34.6. The number of benzene rings is 1. The van der Waals surface area contributed by atoms with E-state index in [1.807, 2.05) is 13.8 Å². The van der Waals surface area contributed by atoms with Crippen molar-refractivity contribution in [2.24, 2.45) is 5.92 Å². The molecule has 1 aromatic carbocycles. The third-order valence-corrected chi connectivity index (χ3v) is 8.94. The number of hydrogen-bond acceptors (Lipinski definition) is 7. The Balaban J connectivity index is 1.90. The van der Waals surface area contributed by atoms with Gasteiger partial charge < -0.3 is 20.2 Å². The van der Waals surface area contributed by atoms with Gasteiger partial charge in [-0.05, 0) is 42.8 Å². The fraction of sp³-hybridized carbons (Fsp3) is 0.290. The van der Waals surface area contributed by atoms with Gasteiger partial charge in [-0.1, -0.05) is 55.2 Å². The number of halogens is 5. The standard InChI is InChI=1S/C31H27Cl3F2N6O3/c1-5-19(43)40-8-10-41(11-9-40)28-16-12-18(32)26(20-21(33)23(35)22(34)24(36)29(20)44)39-30(16)42(31(45)17(28)13-37)27-15(4)6-7-38-25(27)14(2)3/h5-7,12,14,25,38,44H,1,8-11H2,2-4H3. The summed E-state index contributed by atoms with van der Waals surface area (Å²) in [7, 11) is 0. The highest BCUT2D eigenvalue weighted by molar-refractivity contribution is 6.39. The second-order valence-electron chi connectivity index (χ2n) is 11.0. The summed E-state index contributed by atoms with van der Waals surface area (Å²) in [6.07, 6.45) is 4.74. The van der Waals surface area contributed by atoms with Crippen LogP contribution < -0.4 is 15.8 Å². The van der Waals surface area contributed by atoms with Crippen LogP contribution in [0.1, 0.15) is 26.3 Å². The van der Waals surface area contributed by atoms with Crippen molar-refractivity contribution in [3.63, 3.8) is 0 Å². The number of rotatable bonds is 5. The summed E-state index contributed by atoms with van der Waals surface area (Å²) < 4.78 is 31.0. The van der Waals surface area contributed by atoms with Gasteiger partial charge in [0.25, 0.3) is 5.56 Å². The summed E-state index contributed by atoms with van der Waals surface area (Å²) >= 11 is 18.6. The lowest BCUT2D eigenvalue weighted by Gasteiger charge is -2.37. The van der Waals surface area contributed by atoms with Crippen LogP contribution in [0.2, 0.25) is 15.1 Å². The van der Waals surface area contributed by atoms with E-state index in [-0.39, 0.29) is 57.9 Å². The summed E-state index contributed by atoms with van der Waals surface area (Å²) in [5, 5.41) is 22.7. The van der Waals surface area contributed by atoms with Gasteiger partial charge >= 0.3 is 0 Å². The molecule has 0 bridgehead atoms. The van der Waals surface area contributed by atoms with Gasteiger partial charge in [0.1, 0.15) is 22.3 Å². The van der Waals surface area contributed by atoms with Gasteiger partial charge in [0.15, 0.2) is 17.4 Å². The predicted molar refractivity (Wildman–Crippen MR) is 172 cm³/mol. The zero-order valence-corrected chi connectivity index (χ0v) is 26.7. The van der Waals surface area contributed by atoms with Crippen molar-refractivity contribution in [2.75, 3.05) is 31.1 Å². The number of anilines is 1. The molecule has 234 valence electrons. The van der Waals surface area contributed by atoms with Crippen molar-refractivity contribution in [1.29, 1.82) is 5.26 Å². The summed E-state index contributed by atoms with van der Waals surface area (Å²) in [6, 6.07) is 3.08. The van der Waals surface area contributed by atoms with E-state index >= 15 is 0 Å². The summed E-state index contributed by atoms with van der Waals surface area (Å²) in [5.74, 6) is -4.15. The number of phenols is 1. The van der Waals surface area contributed by atoms with Crippen molar-refractivity contribution in [1.82, 2.24) is 19.8 Å². The molecule has 0 spiro atoms. The molecule has 1 unspecified atom stereocenters. The van der Waals surface area contributed by atoms with Gasteiger partial charge in [0.2, 0.25) is 5.91 Å². The normalized spacial score (nSPS) is 16.8. The van der Waals surface area contributed by atoms with E-state index in [9.17, 15) is 28.7 Å². The maximum atomic E-state index is 14.9. The first kappa shape index (κ1) is 32.3. The van der Waals surface area contributed by atoms with Gasteiger partial charge in [-0.25, -0.2) is 13.8 Å². The van der Waals surface area contributed by atoms with Crippen LogP contribution in [0.3, 0.4) is 0 Å². The fourth-order valence-electron chi connectivity index (χ4n) is 5.72. The zero-order chi connectivity index (χ0) is 32.9. The van der Waals surface area contributed by atoms with E-state index in [4.69, 9.17) is 34.8 Å². The second-order valence-corrected chi connectivity index (χ2v) is 12.1. The number of piperazine rings is 1. The Morgan fingerprint density at radius 1 is 1.20 bits per heavy atom. The van der Waals surface area contributed by atoms with Crippen LogP contribution in [0.5, 0.6) is 5.75 Å². The van der Waals surface area contributed by atoms with Crippen LogP contribution in [0.15, 0.2) is 41.4 Å². The van der Waals surface area contributed by atoms with E-state index < -0.39 is 44.6 Å². The monoisotopic (exact) mass is 674 g/mol. The van der Waals surface area contributed by atoms with Crippen LogP contribution in [0.25, 0.3) is 28.0 Å². The average Bonchev–Trinajstić information content (AvgIpc) is 3.02. The molecule has 5 rings (SSSR count). The Labute approximate surface area is 272 Å². The first-order chi connectivity index (χ1) is 21.3. The van der Waals surface area contributed by atoms with Crippen molar-refractivity contribution in [3.8, 4) is 23.1 Å². The molecule has 4 heterocycles. The van der Waals surface area contributed by atoms with Crippen molar-refractivity contribution in [3.05, 3.63) is 79.2 Å². The molecule has 0 aliphatic carbocycles. The smallest absolute Gasteiger partial charge is 0.276 e. The molecule has 2 aromatic heterocycles. The molecule has 1 saturated heterocycles. The molecule has 0 saturated carbocycles. The number of amides is 1. The number of aromatic hydroxyl groups is 1. The minimum absolute atomic E-state index is 0.00123. The Kier molecular flexibility index (Phi) is 8.86. The van der Waals surface area contributed by atoms with Gasteiger partial charge in [-0.2, -0.15) is 5.26 Å². The first-order valence-corrected chi connectivity index (χ1v) is 15.0. The van der Waals surface area contributed by atoms with Gasteiger partial charge in [0.05, 0.1) is 38.7 Å². The third-order valence-electron chi connectivity index (χ3n) is 7.96. The van der Waals surface area contributed by atoms with Gasteiger partial charge in [-0.3, -0.25) is 14.2 Å². The van der Waals surface area contributed by atoms with E-state index in [1.54, 1.807) is 29.0 Å². The van der Waals surface area contributed by atoms with Crippen LogP contribution in [-0.4, -0.2) is 57.7 Å². The maximum Gasteiger partial charge on any atom is 0.276 e. The molecule has 0 radical (unpaired) electrons. The number of carbonyl (C=O) groups excluding carboxylic acids is 1. The molecule has 9 nitrogen and oxygen atoms in total. The number of aromatic nitrogens is 2. The van der Waals surface area contributed by atoms with Crippen LogP contribution in [-0.2, 0) is 4.79 Å². The quantitative estimate of drug-likeness (QED) is 0.191. The van der Waals surface area contributed by atoms with Crippen LogP contribution in [0.4, 0.5) is 14.5 Å². The summed E-state index contributed by atoms with van der Waals surface area (Å²) in [6.45, 7) is 10.4. The molecule has 2 aliphatic rings. The fourth-order valence-corrected chi connectivity index (χ4v) is 6.47. The molecule has 1 atom stereocenters. The van der Waals surface area contributed by atoms with Crippen LogP contribution in [0, 0.1) is 28.9 Å². The molecule has 14 heteroatoms. The molecule has 1 amide bonds. The second kappa shape index (κ2) is 12.4. The number of dihydropyridines is 1. The van der Waals surface area contributed by atoms with E-state index in [1.165, 1.54) is 16.7 Å². The van der Waals surface area contributed by atoms with Gasteiger partial charge in [0, 0.05) is 31.6 Å². The molecular weight excluding hydrogens is 649 g/mol. The molecule has 3 aromatic rings. The third kappa shape index (κ3) is 5.31. The number of allylic oxidation sites excluding steroid dienone is 2. The number of phenolic OH excluding ortho intramolecular Hbond substituents is 1. The molecule has 45 heavy (non-hydrogen) atoms. The Hall–Kier alpha value is -4.11. The van der Waals surface area contributed by atoms with Crippen molar-refractivity contribution >= 4 is 63.1 Å². The maximum absolute atomic E-state index is 14.9. The number of nitrogens with one attached hydrogen (secondary N) is 1. The van der Waals surface area contributed by atoms with Crippen LogP contribution >= 0.6 is 34.8 Å². The zero-order valence-electron chi connectivity index (χ0n) is 24.4. The Morgan fingerprint density at radius 3 is 2.47 bits per heavy atom. The van der Waals surface area contributed by atoms with E-state index in [2.05, 4.69) is 22.9 Å². The minimum atomic E-state index is -1.46. The number of nitriles is 1. The van der Waals surface area contributed by atoms with Crippen molar-refractivity contribution in [2.45, 2.75) is 26.8 Å². The lowest BCUT2D eigenvalue weighted by molar-refractivity contribution is -0.126. The topological polar surface area (TPSA) is 114 Å². The average molecular weight is 676 g/mol. The highest BCUT2D eigenvalue weighted by Gasteiger charge is 2.33. The molecule has 2 N–H and O–H groups in total. The first-order valence-electron chi connectivity index (χ1n) is 13.9. The number of pyridine rings is 2. The highest BCUT2D eigenvalue weighted by Crippen LogP contribution is 2.46. The van der Waals surface area contributed by atoms with Gasteiger partial charge in [-0.15, -0.1) is 0 Å². The predicted octanol–water partition coefficient (Wildman–Crippen LogP) is 6.09. The molecular formula is C31H27Cl3F2N6O3. The Bertz CT molecular complexity index is 1910. The number of carbonyl (C=O) groups is 1. The largest absolute Gasteiger partial charge is 0.504 e. The number of nitrogens with zero attached hydrogens (tertiary/aromatic N) is 5. The van der Waals surface area contributed by atoms with E-state index in [0.29, 0.717) is 24.4 Å². The lowest BCUT2D eigenvalue weighted by Crippen LogP contribution is -2.49. The number of fused-ring (bicyclic) bond motifs is 1. The SMILES string of the molecule is C=CC(=O)N1CCN(c2c(C#N)c(=O)n(C3=C(C)C=CNC3C(C)C)c3nc(-c4c(O)c(F)c(Cl)c(F)c4Cl)c(Cl)cc23)CC1. The van der Waals surface area contributed by atoms with E-state index in [0.717, 1.165) is 0 Å². The number of hydrogen-bond donors (Lipinski definition) is 2. The minimum Gasteiger partial charge on any atom is -0.504 e. The molecule has 2 aliphatic heterocycles.